The molecule has 1 aliphatic heterocycles. The van der Waals surface area contributed by atoms with Crippen LogP contribution in [0.15, 0.2) is 35.4 Å². The first-order chi connectivity index (χ1) is 13.5. The van der Waals surface area contributed by atoms with Crippen molar-refractivity contribution in [3.8, 4) is 0 Å². The number of hydrogen-bond donors (Lipinski definition) is 1. The summed E-state index contributed by atoms with van der Waals surface area (Å²) >= 11 is 1.56. The number of halogens is 1. The van der Waals surface area contributed by atoms with Gasteiger partial charge in [0.05, 0.1) is 12.2 Å². The van der Waals surface area contributed by atoms with Crippen molar-refractivity contribution >= 4 is 23.5 Å². The molecule has 2 heterocycles. The van der Waals surface area contributed by atoms with E-state index in [0.717, 1.165) is 47.4 Å². The van der Waals surface area contributed by atoms with E-state index in [1.54, 1.807) is 31.0 Å². The fourth-order valence-corrected chi connectivity index (χ4v) is 4.15. The van der Waals surface area contributed by atoms with Crippen LogP contribution >= 0.6 is 11.8 Å². The van der Waals surface area contributed by atoms with E-state index in [2.05, 4.69) is 10.2 Å². The summed E-state index contributed by atoms with van der Waals surface area (Å²) in [6.07, 6.45) is 0. The monoisotopic (exact) mass is 403 g/mol. The minimum atomic E-state index is -0.308. The summed E-state index contributed by atoms with van der Waals surface area (Å²) in [5, 5.41) is 3.63. The van der Waals surface area contributed by atoms with E-state index in [1.165, 1.54) is 12.1 Å². The lowest BCUT2D eigenvalue weighted by Crippen LogP contribution is -2.49. The fourth-order valence-electron chi connectivity index (χ4n) is 3.32. The quantitative estimate of drug-likeness (QED) is 0.682. The molecular weight excluding hydrogens is 377 g/mol. The number of thioether (sulfide) groups is 1. The maximum Gasteiger partial charge on any atom is 0.254 e. The Morgan fingerprint density at radius 2 is 2.18 bits per heavy atom. The van der Waals surface area contributed by atoms with Gasteiger partial charge in [0, 0.05) is 32.7 Å². The van der Waals surface area contributed by atoms with Gasteiger partial charge in [-0.2, -0.15) is 0 Å². The number of nitrogens with one attached hydrogen (secondary N) is 1. The second-order valence-corrected chi connectivity index (χ2v) is 8.20. The zero-order valence-corrected chi connectivity index (χ0v) is 17.3. The van der Waals surface area contributed by atoms with Crippen molar-refractivity contribution in [1.82, 2.24) is 10.3 Å². The molecule has 3 rings (SSSR count). The predicted octanol–water partition coefficient (Wildman–Crippen LogP) is 3.65. The van der Waals surface area contributed by atoms with E-state index in [9.17, 15) is 9.18 Å². The average Bonchev–Trinajstić information content (AvgIpc) is 2.62. The first kappa shape index (κ1) is 20.6. The Labute approximate surface area is 169 Å². The SMILES string of the molecule is CCSc1nc(N2CC(COC)C2)cc(C)c1C(=O)NCc1cccc(F)c1. The van der Waals surface area contributed by atoms with Gasteiger partial charge >= 0.3 is 0 Å². The van der Waals surface area contributed by atoms with Crippen LogP contribution in [0.1, 0.15) is 28.4 Å². The largest absolute Gasteiger partial charge is 0.384 e. The van der Waals surface area contributed by atoms with Crippen LogP contribution in [0.3, 0.4) is 0 Å². The van der Waals surface area contributed by atoms with Crippen molar-refractivity contribution < 1.29 is 13.9 Å². The minimum absolute atomic E-state index is 0.183. The summed E-state index contributed by atoms with van der Waals surface area (Å²) in [6, 6.07) is 8.22. The number of aromatic nitrogens is 1. The lowest BCUT2D eigenvalue weighted by atomic mass is 10.0. The fraction of sp³-hybridized carbons (Fsp3) is 0.429. The lowest BCUT2D eigenvalue weighted by Gasteiger charge is -2.40. The van der Waals surface area contributed by atoms with Gasteiger partial charge in [0.1, 0.15) is 16.7 Å². The molecule has 0 bridgehead atoms. The molecule has 1 aromatic carbocycles. The summed E-state index contributed by atoms with van der Waals surface area (Å²) in [7, 11) is 1.72. The number of carbonyl (C=O) groups is 1. The Bertz CT molecular complexity index is 840. The van der Waals surface area contributed by atoms with E-state index < -0.39 is 0 Å². The average molecular weight is 404 g/mol. The van der Waals surface area contributed by atoms with E-state index in [-0.39, 0.29) is 18.3 Å². The Hall–Kier alpha value is -2.12. The molecule has 0 atom stereocenters. The zero-order valence-electron chi connectivity index (χ0n) is 16.5. The number of anilines is 1. The van der Waals surface area contributed by atoms with E-state index in [4.69, 9.17) is 9.72 Å². The maximum absolute atomic E-state index is 13.3. The molecule has 1 aliphatic rings. The lowest BCUT2D eigenvalue weighted by molar-refractivity contribution is 0.0946. The van der Waals surface area contributed by atoms with Gasteiger partial charge in [0.15, 0.2) is 0 Å². The number of ether oxygens (including phenoxy) is 1. The number of amides is 1. The molecule has 0 saturated carbocycles. The van der Waals surface area contributed by atoms with Gasteiger partial charge in [-0.15, -0.1) is 11.8 Å². The van der Waals surface area contributed by atoms with Crippen LogP contribution in [0.4, 0.5) is 10.2 Å². The highest BCUT2D eigenvalue weighted by atomic mass is 32.2. The van der Waals surface area contributed by atoms with Gasteiger partial charge in [-0.25, -0.2) is 9.37 Å². The molecule has 1 fully saturated rings. The van der Waals surface area contributed by atoms with Gasteiger partial charge in [0.2, 0.25) is 0 Å². The molecule has 2 aromatic rings. The smallest absolute Gasteiger partial charge is 0.254 e. The third-order valence-electron chi connectivity index (χ3n) is 4.70. The topological polar surface area (TPSA) is 54.5 Å². The number of hydrogen-bond acceptors (Lipinski definition) is 5. The van der Waals surface area contributed by atoms with Crippen molar-refractivity contribution in [2.45, 2.75) is 25.4 Å². The standard InChI is InChI=1S/C21H26FN3O2S/c1-4-28-21-19(20(26)23-10-15-6-5-7-17(22)9-15)14(2)8-18(24-21)25-11-16(12-25)13-27-3/h5-9,16H,4,10-13H2,1-3H3,(H,23,26). The third kappa shape index (κ3) is 4.83. The summed E-state index contributed by atoms with van der Waals surface area (Å²) < 4.78 is 18.5. The maximum atomic E-state index is 13.3. The van der Waals surface area contributed by atoms with Gasteiger partial charge in [-0.1, -0.05) is 19.1 Å². The second kappa shape index (κ2) is 9.39. The highest BCUT2D eigenvalue weighted by Gasteiger charge is 2.29. The number of carbonyl (C=O) groups excluding carboxylic acids is 1. The minimum Gasteiger partial charge on any atom is -0.384 e. The first-order valence-corrected chi connectivity index (χ1v) is 10.4. The molecule has 1 N–H and O–H groups in total. The number of methoxy groups -OCH3 is 1. The van der Waals surface area contributed by atoms with Crippen molar-refractivity contribution in [2.75, 3.05) is 37.5 Å². The number of nitrogens with zero attached hydrogens (tertiary/aromatic N) is 2. The van der Waals surface area contributed by atoms with Crippen molar-refractivity contribution in [2.24, 2.45) is 5.92 Å². The normalized spacial score (nSPS) is 14.1. The van der Waals surface area contributed by atoms with Crippen LogP contribution in [-0.4, -0.2) is 43.5 Å². The molecule has 5 nitrogen and oxygen atoms in total. The number of pyridine rings is 1. The van der Waals surface area contributed by atoms with Crippen LogP contribution in [-0.2, 0) is 11.3 Å². The first-order valence-electron chi connectivity index (χ1n) is 9.42. The van der Waals surface area contributed by atoms with Gasteiger partial charge in [0.25, 0.3) is 5.91 Å². The van der Waals surface area contributed by atoms with Crippen LogP contribution in [0.2, 0.25) is 0 Å². The van der Waals surface area contributed by atoms with Crippen LogP contribution < -0.4 is 10.2 Å². The zero-order chi connectivity index (χ0) is 20.1. The highest BCUT2D eigenvalue weighted by Crippen LogP contribution is 2.30. The van der Waals surface area contributed by atoms with Crippen molar-refractivity contribution in [3.63, 3.8) is 0 Å². The molecule has 0 aliphatic carbocycles. The van der Waals surface area contributed by atoms with Crippen molar-refractivity contribution in [3.05, 3.63) is 52.8 Å². The Morgan fingerprint density at radius 3 is 2.86 bits per heavy atom. The predicted molar refractivity (Wildman–Crippen MR) is 111 cm³/mol. The molecule has 7 heteroatoms. The molecule has 150 valence electrons. The highest BCUT2D eigenvalue weighted by molar-refractivity contribution is 7.99. The van der Waals surface area contributed by atoms with Crippen LogP contribution in [0, 0.1) is 18.7 Å². The van der Waals surface area contributed by atoms with Crippen LogP contribution in [0.5, 0.6) is 0 Å². The van der Waals surface area contributed by atoms with E-state index >= 15 is 0 Å². The number of benzene rings is 1. The Balaban J connectivity index is 1.75. The Kier molecular flexibility index (Phi) is 6.91. The summed E-state index contributed by atoms with van der Waals surface area (Å²) in [4.78, 5) is 19.8. The van der Waals surface area contributed by atoms with E-state index in [1.807, 2.05) is 19.9 Å². The third-order valence-corrected chi connectivity index (χ3v) is 5.56. The van der Waals surface area contributed by atoms with E-state index in [0.29, 0.717) is 11.5 Å². The molecule has 1 amide bonds. The van der Waals surface area contributed by atoms with Crippen molar-refractivity contribution in [1.29, 1.82) is 0 Å². The molecular formula is C21H26FN3O2S. The summed E-state index contributed by atoms with van der Waals surface area (Å²) in [6.45, 7) is 6.85. The number of rotatable bonds is 8. The molecule has 0 spiro atoms. The molecule has 0 radical (unpaired) electrons. The molecule has 28 heavy (non-hydrogen) atoms. The molecule has 0 unspecified atom stereocenters. The van der Waals surface area contributed by atoms with Gasteiger partial charge in [-0.05, 0) is 42.0 Å². The summed E-state index contributed by atoms with van der Waals surface area (Å²) in [5.74, 6) is 1.77. The van der Waals surface area contributed by atoms with Crippen LogP contribution in [0.25, 0.3) is 0 Å². The summed E-state index contributed by atoms with van der Waals surface area (Å²) in [5.41, 5.74) is 2.22. The Morgan fingerprint density at radius 1 is 1.39 bits per heavy atom. The molecule has 1 aromatic heterocycles. The second-order valence-electron chi connectivity index (χ2n) is 6.95. The van der Waals surface area contributed by atoms with Gasteiger partial charge in [-0.3, -0.25) is 4.79 Å². The number of aryl methyl sites for hydroxylation is 1. The van der Waals surface area contributed by atoms with Gasteiger partial charge < -0.3 is 15.0 Å². The molecule has 1 saturated heterocycles.